The van der Waals surface area contributed by atoms with E-state index >= 15 is 0 Å². The first-order valence-corrected chi connectivity index (χ1v) is 9.30. The number of hydrogen-bond donors (Lipinski definition) is 3. The Bertz CT molecular complexity index is 585. The van der Waals surface area contributed by atoms with Gasteiger partial charge in [-0.1, -0.05) is 34.1 Å². The highest BCUT2D eigenvalue weighted by molar-refractivity contribution is 14.0. The lowest BCUT2D eigenvalue weighted by Crippen LogP contribution is -2.41. The number of hydrogen-bond acceptors (Lipinski definition) is 2. The van der Waals surface area contributed by atoms with E-state index in [0.717, 1.165) is 31.9 Å². The Kier molecular flexibility index (Phi) is 6.96. The summed E-state index contributed by atoms with van der Waals surface area (Å²) in [4.78, 5) is 4.69. The van der Waals surface area contributed by atoms with Crippen LogP contribution in [0.2, 0.25) is 0 Å². The summed E-state index contributed by atoms with van der Waals surface area (Å²) >= 11 is 3.68. The number of benzene rings is 1. The van der Waals surface area contributed by atoms with Crippen LogP contribution >= 0.6 is 39.9 Å². The van der Waals surface area contributed by atoms with E-state index in [2.05, 4.69) is 62.7 Å². The van der Waals surface area contributed by atoms with Gasteiger partial charge >= 0.3 is 0 Å². The number of rotatable bonds is 7. The van der Waals surface area contributed by atoms with Crippen LogP contribution in [0.4, 0.5) is 0 Å². The molecule has 4 nitrogen and oxygen atoms in total. The largest absolute Gasteiger partial charge is 0.396 e. The molecule has 0 bridgehead atoms. The fourth-order valence-electron chi connectivity index (χ4n) is 2.97. The van der Waals surface area contributed by atoms with Crippen LogP contribution in [-0.4, -0.2) is 37.3 Å². The van der Waals surface area contributed by atoms with E-state index < -0.39 is 0 Å². The summed E-state index contributed by atoms with van der Waals surface area (Å²) < 4.78 is 1.19. The molecular formula is C18H27BrIN3O. The Morgan fingerprint density at radius 2 is 1.92 bits per heavy atom. The van der Waals surface area contributed by atoms with Crippen LogP contribution in [0.25, 0.3) is 0 Å². The van der Waals surface area contributed by atoms with Crippen molar-refractivity contribution >= 4 is 45.9 Å². The number of aliphatic hydroxyl groups is 1. The summed E-state index contributed by atoms with van der Waals surface area (Å²) in [5.74, 6) is 0.866. The monoisotopic (exact) mass is 507 g/mol. The molecule has 1 aromatic carbocycles. The van der Waals surface area contributed by atoms with E-state index in [0.29, 0.717) is 6.54 Å². The second-order valence-electron chi connectivity index (χ2n) is 6.97. The Labute approximate surface area is 170 Å². The van der Waals surface area contributed by atoms with Gasteiger partial charge in [0.15, 0.2) is 5.96 Å². The van der Waals surface area contributed by atoms with Crippen molar-refractivity contribution in [2.45, 2.75) is 38.0 Å². The molecule has 2 aliphatic rings. The van der Waals surface area contributed by atoms with E-state index in [1.807, 2.05) is 0 Å². The van der Waals surface area contributed by atoms with Crippen molar-refractivity contribution in [1.82, 2.24) is 10.6 Å². The van der Waals surface area contributed by atoms with E-state index in [4.69, 9.17) is 0 Å². The normalized spacial score (nSPS) is 20.0. The van der Waals surface area contributed by atoms with Crippen LogP contribution in [0.3, 0.4) is 0 Å². The van der Waals surface area contributed by atoms with Gasteiger partial charge in [0.25, 0.3) is 0 Å². The lowest BCUT2D eigenvalue weighted by molar-refractivity contribution is 0.217. The molecule has 0 atom stereocenters. The Morgan fingerprint density at radius 3 is 2.46 bits per heavy atom. The van der Waals surface area contributed by atoms with E-state index in [-0.39, 0.29) is 41.4 Å². The van der Waals surface area contributed by atoms with Gasteiger partial charge in [0.2, 0.25) is 0 Å². The molecule has 3 rings (SSSR count). The predicted molar refractivity (Wildman–Crippen MR) is 113 cm³/mol. The third-order valence-corrected chi connectivity index (χ3v) is 5.79. The molecule has 3 N–H and O–H groups in total. The minimum atomic E-state index is 0. The highest BCUT2D eigenvalue weighted by Crippen LogP contribution is 2.50. The molecule has 0 aromatic heterocycles. The lowest BCUT2D eigenvalue weighted by Gasteiger charge is -2.20. The zero-order chi connectivity index (χ0) is 16.3. The van der Waals surface area contributed by atoms with Crippen LogP contribution in [-0.2, 0) is 5.41 Å². The second kappa shape index (κ2) is 8.36. The van der Waals surface area contributed by atoms with Gasteiger partial charge in [-0.05, 0) is 44.2 Å². The highest BCUT2D eigenvalue weighted by atomic mass is 127. The van der Waals surface area contributed by atoms with Gasteiger partial charge in [-0.15, -0.1) is 24.0 Å². The van der Waals surface area contributed by atoms with Crippen LogP contribution in [0, 0.1) is 5.41 Å². The summed E-state index contributed by atoms with van der Waals surface area (Å²) in [6.07, 6.45) is 4.60. The molecule has 1 aromatic rings. The molecule has 24 heavy (non-hydrogen) atoms. The third kappa shape index (κ3) is 4.64. The van der Waals surface area contributed by atoms with Crippen molar-refractivity contribution in [3.8, 4) is 0 Å². The summed E-state index contributed by atoms with van der Waals surface area (Å²) in [5.41, 5.74) is 1.67. The van der Waals surface area contributed by atoms with Crippen molar-refractivity contribution in [3.63, 3.8) is 0 Å². The number of halogens is 2. The smallest absolute Gasteiger partial charge is 0.191 e. The van der Waals surface area contributed by atoms with Crippen molar-refractivity contribution < 1.29 is 5.11 Å². The van der Waals surface area contributed by atoms with Gasteiger partial charge in [0.1, 0.15) is 0 Å². The minimum absolute atomic E-state index is 0. The average molecular weight is 508 g/mol. The predicted octanol–water partition coefficient (Wildman–Crippen LogP) is 3.43. The first-order chi connectivity index (χ1) is 11.1. The summed E-state index contributed by atoms with van der Waals surface area (Å²) in [6.45, 7) is 4.78. The third-order valence-electron chi connectivity index (χ3n) is 5.10. The van der Waals surface area contributed by atoms with Crippen LogP contribution in [0.15, 0.2) is 33.7 Å². The van der Waals surface area contributed by atoms with E-state index in [9.17, 15) is 5.11 Å². The molecule has 0 unspecified atom stereocenters. The van der Waals surface area contributed by atoms with Crippen molar-refractivity contribution in [1.29, 1.82) is 0 Å². The number of aliphatic imine (C=N–C) groups is 1. The molecule has 2 aliphatic carbocycles. The lowest BCUT2D eigenvalue weighted by atomic mass is 9.96. The maximum Gasteiger partial charge on any atom is 0.191 e. The fourth-order valence-corrected chi connectivity index (χ4v) is 3.67. The second-order valence-corrected chi connectivity index (χ2v) is 7.82. The first-order valence-electron chi connectivity index (χ1n) is 8.51. The molecule has 0 heterocycles. The molecule has 0 spiro atoms. The molecule has 0 saturated heterocycles. The summed E-state index contributed by atoms with van der Waals surface area (Å²) in [6, 6.07) is 8.50. The Hall–Kier alpha value is -0.340. The molecule has 2 saturated carbocycles. The molecule has 0 aliphatic heterocycles. The minimum Gasteiger partial charge on any atom is -0.396 e. The highest BCUT2D eigenvalue weighted by Gasteiger charge is 2.45. The van der Waals surface area contributed by atoms with E-state index in [1.54, 1.807) is 0 Å². The topological polar surface area (TPSA) is 56.7 Å². The first kappa shape index (κ1) is 20.0. The van der Waals surface area contributed by atoms with Crippen molar-refractivity contribution in [3.05, 3.63) is 34.3 Å². The van der Waals surface area contributed by atoms with Gasteiger partial charge in [-0.25, -0.2) is 0 Å². The van der Waals surface area contributed by atoms with Gasteiger partial charge in [-0.2, -0.15) is 0 Å². The van der Waals surface area contributed by atoms with Crippen LogP contribution in [0.1, 0.15) is 38.2 Å². The standard InChI is InChI=1S/C18H26BrN3O.HI/c1-2-20-16(21-11-17(13-23)7-8-17)22-12-18(9-10-18)14-5-3-4-6-15(14)19;/h3-6,23H,2,7-13H2,1H3,(H2,20,21,22);1H. The molecule has 6 heteroatoms. The maximum absolute atomic E-state index is 9.43. The number of aliphatic hydroxyl groups excluding tert-OH is 1. The molecular weight excluding hydrogens is 481 g/mol. The molecule has 134 valence electrons. The Balaban J connectivity index is 0.00000208. The number of guanidine groups is 1. The molecule has 2 fully saturated rings. The fraction of sp³-hybridized carbons (Fsp3) is 0.611. The molecule has 0 radical (unpaired) electrons. The van der Waals surface area contributed by atoms with Crippen molar-refractivity contribution in [2.24, 2.45) is 10.4 Å². The molecule has 0 amide bonds. The zero-order valence-electron chi connectivity index (χ0n) is 14.1. The average Bonchev–Trinajstić information content (AvgIpc) is 3.47. The maximum atomic E-state index is 9.43. The van der Waals surface area contributed by atoms with Crippen LogP contribution < -0.4 is 10.6 Å². The Morgan fingerprint density at radius 1 is 1.21 bits per heavy atom. The van der Waals surface area contributed by atoms with Gasteiger partial charge in [-0.3, -0.25) is 4.99 Å². The van der Waals surface area contributed by atoms with Gasteiger partial charge in [0, 0.05) is 28.4 Å². The quantitative estimate of drug-likeness (QED) is 0.301. The van der Waals surface area contributed by atoms with Gasteiger partial charge < -0.3 is 15.7 Å². The van der Waals surface area contributed by atoms with Gasteiger partial charge in [0.05, 0.1) is 13.2 Å². The van der Waals surface area contributed by atoms with Crippen molar-refractivity contribution in [2.75, 3.05) is 26.2 Å². The van der Waals surface area contributed by atoms with Crippen LogP contribution in [0.5, 0.6) is 0 Å². The van der Waals surface area contributed by atoms with E-state index in [1.165, 1.54) is 22.9 Å². The number of nitrogens with zero attached hydrogens (tertiary/aromatic N) is 1. The zero-order valence-corrected chi connectivity index (χ0v) is 18.1. The SMILES string of the molecule is CCNC(=NCC1(CO)CC1)NCC1(c2ccccc2Br)CC1.I. The summed E-state index contributed by atoms with van der Waals surface area (Å²) in [5, 5.41) is 16.3. The summed E-state index contributed by atoms with van der Waals surface area (Å²) in [7, 11) is 0. The number of nitrogens with one attached hydrogen (secondary N) is 2.